The molecule has 0 atom stereocenters. The normalized spacial score (nSPS) is 11.2. The van der Waals surface area contributed by atoms with E-state index in [9.17, 15) is 4.79 Å². The second kappa shape index (κ2) is 8.83. The number of hydrogen-bond acceptors (Lipinski definition) is 3. The van der Waals surface area contributed by atoms with Crippen LogP contribution in [0.3, 0.4) is 0 Å². The monoisotopic (exact) mass is 265 g/mol. The molecule has 1 aromatic rings. The highest BCUT2D eigenvalue weighted by atomic mass is 16.1. The van der Waals surface area contributed by atoms with Gasteiger partial charge >= 0.3 is 0 Å². The summed E-state index contributed by atoms with van der Waals surface area (Å²) < 4.78 is 1.91. The van der Waals surface area contributed by atoms with Gasteiger partial charge in [0.1, 0.15) is 5.78 Å². The number of aromatic nitrogens is 3. The van der Waals surface area contributed by atoms with Crippen LogP contribution in [-0.4, -0.2) is 20.8 Å². The number of rotatable bonds is 10. The second-order valence-corrected chi connectivity index (χ2v) is 5.61. The molecule has 1 rings (SSSR count). The molecule has 0 radical (unpaired) electrons. The third-order valence-electron chi connectivity index (χ3n) is 3.30. The Bertz CT molecular complexity index is 371. The van der Waals surface area contributed by atoms with E-state index in [4.69, 9.17) is 0 Å². The van der Waals surface area contributed by atoms with E-state index in [1.54, 1.807) is 6.92 Å². The fourth-order valence-corrected chi connectivity index (χ4v) is 2.07. The maximum Gasteiger partial charge on any atom is 0.129 e. The van der Waals surface area contributed by atoms with Gasteiger partial charge in [0, 0.05) is 18.7 Å². The number of carbonyl (C=O) groups is 1. The summed E-state index contributed by atoms with van der Waals surface area (Å²) in [5.41, 5.74) is 1.10. The third-order valence-corrected chi connectivity index (χ3v) is 3.30. The Morgan fingerprint density at radius 2 is 1.79 bits per heavy atom. The molecule has 0 bridgehead atoms. The van der Waals surface area contributed by atoms with Crippen LogP contribution >= 0.6 is 0 Å². The van der Waals surface area contributed by atoms with Crippen LogP contribution in [0.4, 0.5) is 0 Å². The van der Waals surface area contributed by atoms with Gasteiger partial charge < -0.3 is 4.79 Å². The van der Waals surface area contributed by atoms with Crippen LogP contribution in [0.2, 0.25) is 0 Å². The Morgan fingerprint density at radius 1 is 1.16 bits per heavy atom. The van der Waals surface area contributed by atoms with Crippen molar-refractivity contribution in [2.75, 3.05) is 0 Å². The smallest absolute Gasteiger partial charge is 0.129 e. The van der Waals surface area contributed by atoms with Crippen molar-refractivity contribution in [2.24, 2.45) is 0 Å². The number of nitrogens with zero attached hydrogens (tertiary/aromatic N) is 3. The molecule has 0 spiro atoms. The van der Waals surface area contributed by atoms with E-state index in [-0.39, 0.29) is 0 Å². The molecular formula is C15H27N3O. The highest BCUT2D eigenvalue weighted by molar-refractivity contribution is 5.75. The Balaban J connectivity index is 1.99. The molecule has 0 unspecified atom stereocenters. The molecular weight excluding hydrogens is 238 g/mol. The van der Waals surface area contributed by atoms with E-state index in [1.807, 2.05) is 4.68 Å². The van der Waals surface area contributed by atoms with E-state index in [0.29, 0.717) is 11.8 Å². The average Bonchev–Trinajstić information content (AvgIpc) is 2.81. The van der Waals surface area contributed by atoms with E-state index in [2.05, 4.69) is 30.4 Å². The second-order valence-electron chi connectivity index (χ2n) is 5.61. The van der Waals surface area contributed by atoms with Crippen molar-refractivity contribution in [2.45, 2.75) is 78.2 Å². The molecule has 0 aromatic carbocycles. The van der Waals surface area contributed by atoms with Gasteiger partial charge in [-0.25, -0.2) is 4.68 Å². The number of hydrogen-bond donors (Lipinski definition) is 0. The molecule has 0 aliphatic heterocycles. The summed E-state index contributed by atoms with van der Waals surface area (Å²) in [6.45, 7) is 5.89. The molecule has 1 heterocycles. The van der Waals surface area contributed by atoms with Crippen LogP contribution in [0.5, 0.6) is 0 Å². The van der Waals surface area contributed by atoms with Crippen LogP contribution in [0.25, 0.3) is 0 Å². The molecule has 0 saturated carbocycles. The van der Waals surface area contributed by atoms with Crippen LogP contribution in [-0.2, 0) is 11.2 Å². The first-order valence-electron chi connectivity index (χ1n) is 7.49. The molecule has 108 valence electrons. The Labute approximate surface area is 116 Å². The van der Waals surface area contributed by atoms with Gasteiger partial charge in [0.05, 0.1) is 5.69 Å². The van der Waals surface area contributed by atoms with E-state index in [1.165, 1.54) is 32.1 Å². The minimum Gasteiger partial charge on any atom is -0.300 e. The third kappa shape index (κ3) is 7.09. The summed E-state index contributed by atoms with van der Waals surface area (Å²) in [6.07, 6.45) is 11.0. The number of Topliss-reactive ketones (excluding diaryl/α,β-unsaturated/α-hetero) is 1. The maximum absolute atomic E-state index is 10.8. The van der Waals surface area contributed by atoms with Crippen LogP contribution in [0.1, 0.15) is 77.5 Å². The predicted molar refractivity (Wildman–Crippen MR) is 77.1 cm³/mol. The summed E-state index contributed by atoms with van der Waals surface area (Å²) in [5, 5.41) is 8.29. The lowest BCUT2D eigenvalue weighted by Crippen LogP contribution is -2.00. The van der Waals surface area contributed by atoms with Gasteiger partial charge in [0.15, 0.2) is 0 Å². The molecule has 0 aliphatic carbocycles. The Morgan fingerprint density at radius 3 is 2.37 bits per heavy atom. The molecule has 0 N–H and O–H groups in total. The minimum absolute atomic E-state index is 0.313. The lowest BCUT2D eigenvalue weighted by Gasteiger charge is -2.01. The lowest BCUT2D eigenvalue weighted by atomic mass is 10.1. The highest BCUT2D eigenvalue weighted by Gasteiger charge is 2.03. The van der Waals surface area contributed by atoms with E-state index in [0.717, 1.165) is 25.0 Å². The first-order valence-corrected chi connectivity index (χ1v) is 7.49. The predicted octanol–water partition coefficient (Wildman–Crippen LogP) is 3.72. The average molecular weight is 265 g/mol. The van der Waals surface area contributed by atoms with Crippen molar-refractivity contribution in [3.63, 3.8) is 0 Å². The molecule has 4 nitrogen and oxygen atoms in total. The van der Waals surface area contributed by atoms with Crippen LogP contribution in [0.15, 0.2) is 6.20 Å². The van der Waals surface area contributed by atoms with Gasteiger partial charge in [-0.1, -0.05) is 30.9 Å². The van der Waals surface area contributed by atoms with Crippen molar-refractivity contribution in [3.8, 4) is 0 Å². The van der Waals surface area contributed by atoms with Gasteiger partial charge in [-0.05, 0) is 40.0 Å². The van der Waals surface area contributed by atoms with Crippen LogP contribution < -0.4 is 0 Å². The molecule has 0 fully saturated rings. The zero-order chi connectivity index (χ0) is 14.1. The van der Waals surface area contributed by atoms with Crippen molar-refractivity contribution in [1.29, 1.82) is 0 Å². The molecule has 0 aliphatic rings. The van der Waals surface area contributed by atoms with Gasteiger partial charge in [-0.2, -0.15) is 0 Å². The minimum atomic E-state index is 0.313. The first-order chi connectivity index (χ1) is 9.09. The summed E-state index contributed by atoms with van der Waals surface area (Å²) in [6, 6.07) is 0.391. The molecule has 19 heavy (non-hydrogen) atoms. The summed E-state index contributed by atoms with van der Waals surface area (Å²) in [7, 11) is 0. The van der Waals surface area contributed by atoms with Gasteiger partial charge in [0.25, 0.3) is 0 Å². The topological polar surface area (TPSA) is 47.8 Å². The highest BCUT2D eigenvalue weighted by Crippen LogP contribution is 2.10. The van der Waals surface area contributed by atoms with Gasteiger partial charge in [-0.15, -0.1) is 5.10 Å². The van der Waals surface area contributed by atoms with Crippen molar-refractivity contribution >= 4 is 5.78 Å². The number of unbranched alkanes of at least 4 members (excludes halogenated alkanes) is 5. The molecule has 4 heteroatoms. The van der Waals surface area contributed by atoms with Gasteiger partial charge in [0.2, 0.25) is 0 Å². The zero-order valence-corrected chi connectivity index (χ0v) is 12.6. The number of aryl methyl sites for hydroxylation is 1. The standard InChI is InChI=1S/C15H27N3O/c1-13(2)18-12-15(16-17-18)11-9-7-5-4-6-8-10-14(3)19/h12-13H,4-11H2,1-3H3. The quantitative estimate of drug-likeness (QED) is 0.606. The van der Waals surface area contributed by atoms with Crippen molar-refractivity contribution < 1.29 is 4.79 Å². The zero-order valence-electron chi connectivity index (χ0n) is 12.6. The maximum atomic E-state index is 10.8. The fourth-order valence-electron chi connectivity index (χ4n) is 2.07. The SMILES string of the molecule is CC(=O)CCCCCCCCc1cn(C(C)C)nn1. The number of carbonyl (C=O) groups excluding carboxylic acids is 1. The largest absolute Gasteiger partial charge is 0.300 e. The van der Waals surface area contributed by atoms with Crippen molar-refractivity contribution in [1.82, 2.24) is 15.0 Å². The molecule has 0 saturated heterocycles. The van der Waals surface area contributed by atoms with Crippen molar-refractivity contribution in [3.05, 3.63) is 11.9 Å². The Hall–Kier alpha value is -1.19. The fraction of sp³-hybridized carbons (Fsp3) is 0.800. The number of ketones is 1. The summed E-state index contributed by atoms with van der Waals surface area (Å²) in [4.78, 5) is 10.8. The van der Waals surface area contributed by atoms with Gasteiger partial charge in [-0.3, -0.25) is 0 Å². The van der Waals surface area contributed by atoms with E-state index < -0.39 is 0 Å². The van der Waals surface area contributed by atoms with Crippen LogP contribution in [0, 0.1) is 0 Å². The lowest BCUT2D eigenvalue weighted by molar-refractivity contribution is -0.117. The molecule has 1 aromatic heterocycles. The molecule has 0 amide bonds. The summed E-state index contributed by atoms with van der Waals surface area (Å²) >= 11 is 0. The van der Waals surface area contributed by atoms with E-state index >= 15 is 0 Å². The Kier molecular flexibility index (Phi) is 7.38. The first kappa shape index (κ1) is 15.9. The summed E-state index contributed by atoms with van der Waals surface area (Å²) in [5.74, 6) is 0.313.